The Morgan fingerprint density at radius 3 is 2.38 bits per heavy atom. The van der Waals surface area contributed by atoms with Gasteiger partial charge in [0.2, 0.25) is 5.91 Å². The van der Waals surface area contributed by atoms with Gasteiger partial charge >= 0.3 is 0 Å². The van der Waals surface area contributed by atoms with E-state index < -0.39 is 5.54 Å². The summed E-state index contributed by atoms with van der Waals surface area (Å²) in [6.07, 6.45) is 2.19. The molecular formula is C30H36N6O4. The highest BCUT2D eigenvalue weighted by Gasteiger charge is 2.48. The Morgan fingerprint density at radius 1 is 1.02 bits per heavy atom. The van der Waals surface area contributed by atoms with Crippen LogP contribution in [0.15, 0.2) is 60.9 Å². The number of nitrogens with one attached hydrogen (secondary N) is 1. The minimum atomic E-state index is -1.13. The molecule has 3 aromatic rings. The standard InChI is InChI=1S/C30H36N6O4/c1-4-14-36-28(38)26-25(27(37)34-17-15-33(16-18-34)23-8-6-5-7-9-23)32-21-35(26)20-30(36,2)29(39)31-19-22-10-12-24(40-3)13-11-22/h5-13,21H,4,14-20H2,1-3H3,(H,31,39)/t30-/m0/s1. The van der Waals surface area contributed by atoms with E-state index in [0.29, 0.717) is 45.7 Å². The molecule has 3 amide bonds. The number of hydrogen-bond donors (Lipinski definition) is 1. The fraction of sp³-hybridized carbons (Fsp3) is 0.400. The van der Waals surface area contributed by atoms with Gasteiger partial charge in [-0.3, -0.25) is 14.4 Å². The number of imidazole rings is 1. The van der Waals surface area contributed by atoms with Crippen molar-refractivity contribution in [3.05, 3.63) is 77.9 Å². The number of amides is 3. The van der Waals surface area contributed by atoms with Crippen LogP contribution in [0.2, 0.25) is 0 Å². The van der Waals surface area contributed by atoms with Crippen LogP contribution in [0.3, 0.4) is 0 Å². The average molecular weight is 545 g/mol. The number of nitrogens with zero attached hydrogens (tertiary/aromatic N) is 5. The van der Waals surface area contributed by atoms with Crippen LogP contribution < -0.4 is 15.0 Å². The van der Waals surface area contributed by atoms with E-state index in [0.717, 1.165) is 17.0 Å². The minimum absolute atomic E-state index is 0.153. The number of methoxy groups -OCH3 is 1. The van der Waals surface area contributed by atoms with Gasteiger partial charge in [0.25, 0.3) is 11.8 Å². The average Bonchev–Trinajstić information content (AvgIpc) is 3.42. The lowest BCUT2D eigenvalue weighted by molar-refractivity contribution is -0.133. The van der Waals surface area contributed by atoms with Gasteiger partial charge in [0.05, 0.1) is 20.0 Å². The summed E-state index contributed by atoms with van der Waals surface area (Å²) in [5.74, 6) is -0.114. The molecule has 2 aliphatic heterocycles. The Labute approximate surface area is 234 Å². The maximum Gasteiger partial charge on any atom is 0.275 e. The van der Waals surface area contributed by atoms with E-state index >= 15 is 0 Å². The van der Waals surface area contributed by atoms with Crippen molar-refractivity contribution in [1.82, 2.24) is 24.7 Å². The van der Waals surface area contributed by atoms with Gasteiger partial charge < -0.3 is 29.3 Å². The predicted molar refractivity (Wildman–Crippen MR) is 151 cm³/mol. The second-order valence-corrected chi connectivity index (χ2v) is 10.4. The molecule has 0 bridgehead atoms. The van der Waals surface area contributed by atoms with Gasteiger partial charge in [-0.2, -0.15) is 0 Å². The fourth-order valence-corrected chi connectivity index (χ4v) is 5.49. The van der Waals surface area contributed by atoms with Crippen LogP contribution in [-0.2, 0) is 17.9 Å². The van der Waals surface area contributed by atoms with Gasteiger partial charge in [-0.1, -0.05) is 37.3 Å². The maximum absolute atomic E-state index is 13.9. The van der Waals surface area contributed by atoms with E-state index in [1.54, 1.807) is 28.4 Å². The first-order valence-electron chi connectivity index (χ1n) is 13.7. The summed E-state index contributed by atoms with van der Waals surface area (Å²) in [5.41, 5.74) is 1.33. The Balaban J connectivity index is 1.31. The van der Waals surface area contributed by atoms with E-state index in [9.17, 15) is 14.4 Å². The molecule has 40 heavy (non-hydrogen) atoms. The van der Waals surface area contributed by atoms with Crippen LogP contribution in [0.1, 0.15) is 46.8 Å². The third-order valence-corrected chi connectivity index (χ3v) is 7.80. The molecule has 0 aliphatic carbocycles. The number of anilines is 1. The number of piperazine rings is 1. The van der Waals surface area contributed by atoms with Crippen molar-refractivity contribution in [3.8, 4) is 5.75 Å². The number of ether oxygens (including phenoxy) is 1. The Kier molecular flexibility index (Phi) is 7.77. The molecule has 1 atom stereocenters. The van der Waals surface area contributed by atoms with Gasteiger partial charge in [-0.25, -0.2) is 4.98 Å². The fourth-order valence-electron chi connectivity index (χ4n) is 5.49. The summed E-state index contributed by atoms with van der Waals surface area (Å²) in [4.78, 5) is 51.0. The molecule has 0 radical (unpaired) electrons. The van der Waals surface area contributed by atoms with Crippen LogP contribution in [0.4, 0.5) is 5.69 Å². The smallest absolute Gasteiger partial charge is 0.275 e. The lowest BCUT2D eigenvalue weighted by Gasteiger charge is -2.44. The first-order valence-corrected chi connectivity index (χ1v) is 13.7. The van der Waals surface area contributed by atoms with Crippen molar-refractivity contribution in [3.63, 3.8) is 0 Å². The van der Waals surface area contributed by atoms with Crippen LogP contribution in [0.5, 0.6) is 5.75 Å². The molecule has 3 heterocycles. The number of benzene rings is 2. The van der Waals surface area contributed by atoms with Crippen LogP contribution >= 0.6 is 0 Å². The van der Waals surface area contributed by atoms with Gasteiger partial charge in [0, 0.05) is 45.0 Å². The number of aromatic nitrogens is 2. The van der Waals surface area contributed by atoms with Crippen molar-refractivity contribution in [2.75, 3.05) is 44.7 Å². The zero-order chi connectivity index (χ0) is 28.3. The minimum Gasteiger partial charge on any atom is -0.497 e. The quantitative estimate of drug-likeness (QED) is 0.468. The molecular weight excluding hydrogens is 508 g/mol. The van der Waals surface area contributed by atoms with Crippen molar-refractivity contribution >= 4 is 23.4 Å². The van der Waals surface area contributed by atoms with Crippen molar-refractivity contribution < 1.29 is 19.1 Å². The molecule has 1 N–H and O–H groups in total. The molecule has 0 saturated carbocycles. The lowest BCUT2D eigenvalue weighted by Crippen LogP contribution is -2.64. The summed E-state index contributed by atoms with van der Waals surface area (Å²) in [6.45, 7) is 7.15. The molecule has 2 aliphatic rings. The highest BCUT2D eigenvalue weighted by molar-refractivity contribution is 6.07. The highest BCUT2D eigenvalue weighted by atomic mass is 16.5. The molecule has 10 heteroatoms. The summed E-state index contributed by atoms with van der Waals surface area (Å²) >= 11 is 0. The second-order valence-electron chi connectivity index (χ2n) is 10.4. The van der Waals surface area contributed by atoms with E-state index in [-0.39, 0.29) is 35.7 Å². The molecule has 0 spiro atoms. The summed E-state index contributed by atoms with van der Waals surface area (Å²) in [6, 6.07) is 17.6. The van der Waals surface area contributed by atoms with E-state index in [2.05, 4.69) is 27.3 Å². The summed E-state index contributed by atoms with van der Waals surface area (Å²) in [7, 11) is 1.61. The van der Waals surface area contributed by atoms with Crippen molar-refractivity contribution in [1.29, 1.82) is 0 Å². The molecule has 210 valence electrons. The van der Waals surface area contributed by atoms with Gasteiger partial charge in [-0.05, 0) is 43.2 Å². The maximum atomic E-state index is 13.9. The van der Waals surface area contributed by atoms with Gasteiger partial charge in [0.1, 0.15) is 17.0 Å². The number of carbonyl (C=O) groups is 3. The second kappa shape index (κ2) is 11.4. The monoisotopic (exact) mass is 544 g/mol. The Bertz CT molecular complexity index is 1360. The molecule has 1 fully saturated rings. The molecule has 1 saturated heterocycles. The number of hydrogen-bond acceptors (Lipinski definition) is 6. The van der Waals surface area contributed by atoms with Gasteiger partial charge in [-0.15, -0.1) is 0 Å². The van der Waals surface area contributed by atoms with Crippen molar-refractivity contribution in [2.24, 2.45) is 0 Å². The summed E-state index contributed by atoms with van der Waals surface area (Å²) in [5, 5.41) is 3.00. The van der Waals surface area contributed by atoms with Gasteiger partial charge in [0.15, 0.2) is 5.69 Å². The molecule has 0 unspecified atom stereocenters. The number of para-hydroxylation sites is 1. The number of fused-ring (bicyclic) bond motifs is 1. The van der Waals surface area contributed by atoms with Crippen LogP contribution in [0.25, 0.3) is 0 Å². The Morgan fingerprint density at radius 2 is 1.73 bits per heavy atom. The third kappa shape index (κ3) is 5.13. The normalized spacial score (nSPS) is 18.9. The topological polar surface area (TPSA) is 100 Å². The van der Waals surface area contributed by atoms with E-state index in [1.165, 1.54) is 6.33 Å². The van der Waals surface area contributed by atoms with Crippen LogP contribution in [0, 0.1) is 0 Å². The molecule has 10 nitrogen and oxygen atoms in total. The van der Waals surface area contributed by atoms with Crippen molar-refractivity contribution in [2.45, 2.75) is 38.9 Å². The predicted octanol–water partition coefficient (Wildman–Crippen LogP) is 2.80. The lowest BCUT2D eigenvalue weighted by atomic mass is 9.93. The van der Waals surface area contributed by atoms with E-state index in [4.69, 9.17) is 4.74 Å². The zero-order valence-electron chi connectivity index (χ0n) is 23.3. The van der Waals surface area contributed by atoms with Crippen LogP contribution in [-0.4, -0.2) is 82.4 Å². The summed E-state index contributed by atoms with van der Waals surface area (Å²) < 4.78 is 6.86. The first-order chi connectivity index (χ1) is 19.4. The zero-order valence-corrected chi connectivity index (χ0v) is 23.3. The highest BCUT2D eigenvalue weighted by Crippen LogP contribution is 2.30. The number of carbonyl (C=O) groups excluding carboxylic acids is 3. The largest absolute Gasteiger partial charge is 0.497 e. The molecule has 1 aromatic heterocycles. The molecule has 2 aromatic carbocycles. The van der Waals surface area contributed by atoms with E-state index in [1.807, 2.05) is 49.4 Å². The first kappa shape index (κ1) is 27.2. The SMILES string of the molecule is CCCN1C(=O)c2c(C(=O)N3CCN(c4ccccc4)CC3)ncn2C[C@@]1(C)C(=O)NCc1ccc(OC)cc1. The Hall–Kier alpha value is -4.34. The molecule has 5 rings (SSSR count). The number of rotatable bonds is 8. The third-order valence-electron chi connectivity index (χ3n) is 7.80.